The Labute approximate surface area is 85.0 Å². The van der Waals surface area contributed by atoms with E-state index in [-0.39, 0.29) is 5.82 Å². The minimum Gasteiger partial charge on any atom is -0.385 e. The maximum absolute atomic E-state index is 11.8. The van der Waals surface area contributed by atoms with Crippen LogP contribution in [0, 0.1) is 6.92 Å². The van der Waals surface area contributed by atoms with E-state index in [1.807, 2.05) is 0 Å². The van der Waals surface area contributed by atoms with Crippen LogP contribution < -0.4 is 0 Å². The number of rotatable bonds is 3. The van der Waals surface area contributed by atoms with Crippen LogP contribution in [0.3, 0.4) is 0 Å². The van der Waals surface area contributed by atoms with Crippen molar-refractivity contribution < 1.29 is 18.3 Å². The average Bonchev–Trinajstić information content (AvgIpc) is 2.14. The van der Waals surface area contributed by atoms with Crippen molar-refractivity contribution in [2.45, 2.75) is 32.0 Å². The van der Waals surface area contributed by atoms with E-state index in [2.05, 4.69) is 9.97 Å². The Hall–Kier alpha value is -1.17. The van der Waals surface area contributed by atoms with Crippen LogP contribution in [0.4, 0.5) is 13.2 Å². The molecular formula is C9H11F3N2O. The van der Waals surface area contributed by atoms with Gasteiger partial charge in [0.2, 0.25) is 0 Å². The number of hydrogen-bond acceptors (Lipinski definition) is 3. The summed E-state index contributed by atoms with van der Waals surface area (Å²) in [5.74, 6) is 0.0323. The highest BCUT2D eigenvalue weighted by Gasteiger charge is 2.28. The molecule has 0 radical (unpaired) electrons. The van der Waals surface area contributed by atoms with Gasteiger partial charge in [0, 0.05) is 18.8 Å². The van der Waals surface area contributed by atoms with Crippen molar-refractivity contribution in [1.29, 1.82) is 0 Å². The van der Waals surface area contributed by atoms with Crippen molar-refractivity contribution in [2.24, 2.45) is 0 Å². The molecule has 1 atom stereocenters. The second kappa shape index (κ2) is 4.57. The number of aliphatic hydroxyl groups excluding tert-OH is 1. The molecule has 0 bridgehead atoms. The summed E-state index contributed by atoms with van der Waals surface area (Å²) in [5.41, 5.74) is 0.793. The first-order valence-corrected chi connectivity index (χ1v) is 4.42. The summed E-state index contributed by atoms with van der Waals surface area (Å²) in [5, 5.41) is 9.35. The minimum absolute atomic E-state index is 0.0323. The predicted molar refractivity (Wildman–Crippen MR) is 47.0 cm³/mol. The third kappa shape index (κ3) is 4.24. The molecule has 0 aromatic carbocycles. The van der Waals surface area contributed by atoms with Crippen molar-refractivity contribution in [3.63, 3.8) is 0 Å². The summed E-state index contributed by atoms with van der Waals surface area (Å²) >= 11 is 0. The van der Waals surface area contributed by atoms with Crippen LogP contribution in [-0.2, 0) is 0 Å². The van der Waals surface area contributed by atoms with Crippen molar-refractivity contribution in [2.75, 3.05) is 0 Å². The number of aryl methyl sites for hydroxylation is 1. The quantitative estimate of drug-likeness (QED) is 0.849. The molecule has 0 spiro atoms. The molecule has 1 heterocycles. The van der Waals surface area contributed by atoms with Crippen molar-refractivity contribution in [3.8, 4) is 0 Å². The maximum atomic E-state index is 11.8. The molecule has 1 unspecified atom stereocenters. The van der Waals surface area contributed by atoms with Crippen LogP contribution in [0.15, 0.2) is 12.4 Å². The molecule has 15 heavy (non-hydrogen) atoms. The molecule has 3 nitrogen and oxygen atoms in total. The first kappa shape index (κ1) is 11.9. The second-order valence-electron chi connectivity index (χ2n) is 3.29. The lowest BCUT2D eigenvalue weighted by Crippen LogP contribution is -2.11. The van der Waals surface area contributed by atoms with E-state index in [0.717, 1.165) is 5.56 Å². The summed E-state index contributed by atoms with van der Waals surface area (Å²) in [6.45, 7) is 1.76. The monoisotopic (exact) mass is 220 g/mol. The Morgan fingerprint density at radius 3 is 2.33 bits per heavy atom. The molecule has 1 aromatic rings. The lowest BCUT2D eigenvalue weighted by Gasteiger charge is -2.10. The Kier molecular flexibility index (Phi) is 3.62. The molecule has 0 aliphatic rings. The zero-order valence-electron chi connectivity index (χ0n) is 8.12. The largest absolute Gasteiger partial charge is 0.389 e. The summed E-state index contributed by atoms with van der Waals surface area (Å²) in [6, 6.07) is 0. The molecule has 6 heteroatoms. The van der Waals surface area contributed by atoms with Gasteiger partial charge in [-0.3, -0.25) is 0 Å². The van der Waals surface area contributed by atoms with Gasteiger partial charge in [-0.15, -0.1) is 0 Å². The number of nitrogens with zero attached hydrogens (tertiary/aromatic N) is 2. The van der Waals surface area contributed by atoms with Crippen molar-refractivity contribution in [1.82, 2.24) is 9.97 Å². The van der Waals surface area contributed by atoms with Gasteiger partial charge < -0.3 is 5.11 Å². The van der Waals surface area contributed by atoms with Gasteiger partial charge in [-0.25, -0.2) is 9.97 Å². The number of halogens is 3. The van der Waals surface area contributed by atoms with Gasteiger partial charge in [-0.1, -0.05) is 0 Å². The summed E-state index contributed by atoms with van der Waals surface area (Å²) < 4.78 is 35.5. The molecular weight excluding hydrogens is 209 g/mol. The minimum atomic E-state index is -4.26. The zero-order chi connectivity index (χ0) is 11.5. The van der Waals surface area contributed by atoms with E-state index in [0.29, 0.717) is 0 Å². The highest BCUT2D eigenvalue weighted by molar-refractivity contribution is 5.03. The van der Waals surface area contributed by atoms with Gasteiger partial charge in [0.15, 0.2) is 5.82 Å². The fourth-order valence-corrected chi connectivity index (χ4v) is 1.00. The van der Waals surface area contributed by atoms with Crippen LogP contribution in [0.5, 0.6) is 0 Å². The second-order valence-corrected chi connectivity index (χ2v) is 3.29. The molecule has 0 aliphatic heterocycles. The highest BCUT2D eigenvalue weighted by atomic mass is 19.4. The Balaban J connectivity index is 2.54. The van der Waals surface area contributed by atoms with E-state index in [1.165, 1.54) is 12.4 Å². The van der Waals surface area contributed by atoms with Crippen LogP contribution in [0.1, 0.15) is 30.3 Å². The third-order valence-corrected chi connectivity index (χ3v) is 1.80. The van der Waals surface area contributed by atoms with Gasteiger partial charge in [-0.2, -0.15) is 13.2 Å². The molecule has 1 rings (SSSR count). The normalized spacial score (nSPS) is 13.9. The number of alkyl halides is 3. The fraction of sp³-hybridized carbons (Fsp3) is 0.556. The molecule has 0 amide bonds. The maximum Gasteiger partial charge on any atom is 0.389 e. The summed E-state index contributed by atoms with van der Waals surface area (Å²) in [7, 11) is 0. The molecule has 0 saturated heterocycles. The van der Waals surface area contributed by atoms with Gasteiger partial charge in [0.05, 0.1) is 0 Å². The van der Waals surface area contributed by atoms with E-state index >= 15 is 0 Å². The van der Waals surface area contributed by atoms with Crippen molar-refractivity contribution in [3.05, 3.63) is 23.8 Å². The van der Waals surface area contributed by atoms with E-state index < -0.39 is 25.1 Å². The highest BCUT2D eigenvalue weighted by Crippen LogP contribution is 2.25. The van der Waals surface area contributed by atoms with E-state index in [1.54, 1.807) is 6.92 Å². The van der Waals surface area contributed by atoms with Gasteiger partial charge in [0.1, 0.15) is 6.10 Å². The average molecular weight is 220 g/mol. The molecule has 0 fully saturated rings. The Morgan fingerprint density at radius 2 is 1.87 bits per heavy atom. The smallest absolute Gasteiger partial charge is 0.385 e. The van der Waals surface area contributed by atoms with E-state index in [4.69, 9.17) is 0 Å². The van der Waals surface area contributed by atoms with Gasteiger partial charge in [-0.05, 0) is 18.9 Å². The lowest BCUT2D eigenvalue weighted by molar-refractivity contribution is -0.140. The van der Waals surface area contributed by atoms with Crippen molar-refractivity contribution >= 4 is 0 Å². The fourth-order valence-electron chi connectivity index (χ4n) is 1.00. The molecule has 84 valence electrons. The molecule has 1 N–H and O–H groups in total. The summed E-state index contributed by atoms with van der Waals surface area (Å²) in [4.78, 5) is 7.50. The first-order chi connectivity index (χ1) is 6.88. The Bertz CT molecular complexity index is 310. The molecule has 0 aliphatic carbocycles. The topological polar surface area (TPSA) is 46.0 Å². The zero-order valence-corrected chi connectivity index (χ0v) is 8.12. The first-order valence-electron chi connectivity index (χ1n) is 4.42. The molecule has 1 aromatic heterocycles. The Morgan fingerprint density at radius 1 is 1.33 bits per heavy atom. The predicted octanol–water partition coefficient (Wildman–Crippen LogP) is 2.16. The molecule has 0 saturated carbocycles. The third-order valence-electron chi connectivity index (χ3n) is 1.80. The van der Waals surface area contributed by atoms with E-state index in [9.17, 15) is 18.3 Å². The SMILES string of the molecule is Cc1cnc(C(O)CCC(F)(F)F)nc1. The van der Waals surface area contributed by atoms with Crippen LogP contribution in [0.2, 0.25) is 0 Å². The summed E-state index contributed by atoms with van der Waals surface area (Å²) in [6.07, 6.45) is -4.05. The van der Waals surface area contributed by atoms with Crippen LogP contribution >= 0.6 is 0 Å². The van der Waals surface area contributed by atoms with Crippen LogP contribution in [-0.4, -0.2) is 21.3 Å². The number of hydrogen-bond donors (Lipinski definition) is 1. The standard InChI is InChI=1S/C9H11F3N2O/c1-6-4-13-8(14-5-6)7(15)2-3-9(10,11)12/h4-5,7,15H,2-3H2,1H3. The number of aliphatic hydroxyl groups is 1. The van der Waals surface area contributed by atoms with Crippen LogP contribution in [0.25, 0.3) is 0 Å². The van der Waals surface area contributed by atoms with Gasteiger partial charge in [0.25, 0.3) is 0 Å². The van der Waals surface area contributed by atoms with Gasteiger partial charge >= 0.3 is 6.18 Å². The number of aromatic nitrogens is 2. The lowest BCUT2D eigenvalue weighted by atomic mass is 10.2.